The van der Waals surface area contributed by atoms with Crippen molar-refractivity contribution in [1.29, 1.82) is 0 Å². The zero-order valence-corrected chi connectivity index (χ0v) is 23.1. The van der Waals surface area contributed by atoms with E-state index in [0.29, 0.717) is 11.8 Å². The molecule has 32 heavy (non-hydrogen) atoms. The maximum Gasteiger partial charge on any atom is 0.0793 e. The molecule has 0 spiro atoms. The van der Waals surface area contributed by atoms with Crippen LogP contribution in [0.3, 0.4) is 0 Å². The Labute approximate surface area is 199 Å². The van der Waals surface area contributed by atoms with E-state index in [2.05, 4.69) is 79.4 Å². The van der Waals surface area contributed by atoms with Crippen LogP contribution >= 0.6 is 0 Å². The van der Waals surface area contributed by atoms with E-state index in [1.807, 2.05) is 0 Å². The SMILES string of the molecule is CC(ON1C(C)(C)CCCC1(C)C)C1CCC(C(C)ON2C(C)(C)CCCC2(C)C)CC1. The maximum absolute atomic E-state index is 6.73. The number of rotatable bonds is 6. The Hall–Kier alpha value is -0.160. The van der Waals surface area contributed by atoms with E-state index in [1.54, 1.807) is 0 Å². The summed E-state index contributed by atoms with van der Waals surface area (Å²) in [4.78, 5) is 13.5. The van der Waals surface area contributed by atoms with Crippen molar-refractivity contribution >= 4 is 0 Å². The third-order valence-corrected chi connectivity index (χ3v) is 9.04. The van der Waals surface area contributed by atoms with Gasteiger partial charge < -0.3 is 0 Å². The maximum atomic E-state index is 6.73. The summed E-state index contributed by atoms with van der Waals surface area (Å²) < 4.78 is 0. The second-order valence-electron chi connectivity index (χ2n) is 13.8. The summed E-state index contributed by atoms with van der Waals surface area (Å²) in [7, 11) is 0. The highest BCUT2D eigenvalue weighted by molar-refractivity contribution is 4.95. The van der Waals surface area contributed by atoms with Gasteiger partial charge in [0.2, 0.25) is 0 Å². The van der Waals surface area contributed by atoms with Crippen LogP contribution in [0.5, 0.6) is 0 Å². The van der Waals surface area contributed by atoms with Crippen molar-refractivity contribution in [3.8, 4) is 0 Å². The molecular formula is C28H54N2O2. The molecule has 1 saturated carbocycles. The molecule has 0 radical (unpaired) electrons. The van der Waals surface area contributed by atoms with Crippen molar-refractivity contribution in [2.75, 3.05) is 0 Å². The van der Waals surface area contributed by atoms with Gasteiger partial charge in [0, 0.05) is 22.2 Å². The molecule has 0 aromatic heterocycles. The standard InChI is InChI=1S/C28H54N2O2/c1-21(31-29-25(3,4)17-11-18-26(29,5)6)23-13-15-24(16-14-23)22(2)32-30-27(7,8)19-12-20-28(30,9)10/h21-24H,11-20H2,1-10H3. The van der Waals surface area contributed by atoms with Crippen LogP contribution in [0.15, 0.2) is 0 Å². The van der Waals surface area contributed by atoms with Crippen LogP contribution in [-0.2, 0) is 9.68 Å². The summed E-state index contributed by atoms with van der Waals surface area (Å²) in [5.41, 5.74) is 0.459. The zero-order chi connectivity index (χ0) is 23.9. The smallest absolute Gasteiger partial charge is 0.0793 e. The first-order chi connectivity index (χ1) is 14.7. The molecule has 2 saturated heterocycles. The third-order valence-electron chi connectivity index (χ3n) is 9.04. The Bertz CT molecular complexity index is 533. The lowest BCUT2D eigenvalue weighted by molar-refractivity contribution is -0.316. The molecule has 1 aliphatic carbocycles. The van der Waals surface area contributed by atoms with Crippen molar-refractivity contribution in [2.24, 2.45) is 11.8 Å². The highest BCUT2D eigenvalue weighted by Crippen LogP contribution is 2.43. The largest absolute Gasteiger partial charge is 0.295 e. The normalized spacial score (nSPS) is 34.7. The summed E-state index contributed by atoms with van der Waals surface area (Å²) >= 11 is 0. The molecule has 0 aromatic carbocycles. The van der Waals surface area contributed by atoms with E-state index in [4.69, 9.17) is 9.68 Å². The van der Waals surface area contributed by atoms with Crippen LogP contribution in [0.2, 0.25) is 0 Å². The molecule has 0 bridgehead atoms. The van der Waals surface area contributed by atoms with Crippen molar-refractivity contribution < 1.29 is 9.68 Å². The Morgan fingerprint density at radius 2 is 0.781 bits per heavy atom. The van der Waals surface area contributed by atoms with E-state index >= 15 is 0 Å². The zero-order valence-electron chi connectivity index (χ0n) is 23.1. The minimum absolute atomic E-state index is 0.115. The number of piperidine rings is 2. The molecule has 0 amide bonds. The van der Waals surface area contributed by atoms with Gasteiger partial charge in [0.25, 0.3) is 0 Å². The highest BCUT2D eigenvalue weighted by atomic mass is 16.7. The van der Waals surface area contributed by atoms with Gasteiger partial charge in [-0.2, -0.15) is 10.1 Å². The molecule has 3 fully saturated rings. The van der Waals surface area contributed by atoms with Gasteiger partial charge in [-0.1, -0.05) is 0 Å². The lowest BCUT2D eigenvalue weighted by Crippen LogP contribution is -2.60. The lowest BCUT2D eigenvalue weighted by Gasteiger charge is -2.53. The first kappa shape index (κ1) is 26.4. The molecule has 0 N–H and O–H groups in total. The van der Waals surface area contributed by atoms with Crippen molar-refractivity contribution in [1.82, 2.24) is 10.1 Å². The molecule has 188 valence electrons. The summed E-state index contributed by atoms with van der Waals surface area (Å²) in [5, 5.41) is 4.71. The molecule has 4 heteroatoms. The monoisotopic (exact) mass is 450 g/mol. The van der Waals surface area contributed by atoms with Gasteiger partial charge in [-0.25, -0.2) is 0 Å². The Morgan fingerprint density at radius 3 is 1.03 bits per heavy atom. The lowest BCUT2D eigenvalue weighted by atomic mass is 9.77. The predicted molar refractivity (Wildman–Crippen MR) is 134 cm³/mol. The second-order valence-corrected chi connectivity index (χ2v) is 13.8. The Balaban J connectivity index is 1.54. The fourth-order valence-corrected chi connectivity index (χ4v) is 7.11. The first-order valence-electron chi connectivity index (χ1n) is 13.6. The van der Waals surface area contributed by atoms with E-state index < -0.39 is 0 Å². The van der Waals surface area contributed by atoms with E-state index in [0.717, 1.165) is 0 Å². The van der Waals surface area contributed by atoms with Gasteiger partial charge in [-0.15, -0.1) is 0 Å². The predicted octanol–water partition coefficient (Wildman–Crippen LogP) is 7.52. The Morgan fingerprint density at radius 1 is 0.531 bits per heavy atom. The highest BCUT2D eigenvalue weighted by Gasteiger charge is 2.46. The molecule has 0 aromatic rings. The van der Waals surface area contributed by atoms with Crippen molar-refractivity contribution in [3.05, 3.63) is 0 Å². The number of nitrogens with zero attached hydrogens (tertiary/aromatic N) is 2. The molecule has 2 aliphatic heterocycles. The average molecular weight is 451 g/mol. The van der Waals surface area contributed by atoms with Gasteiger partial charge in [0.05, 0.1) is 12.2 Å². The van der Waals surface area contributed by atoms with E-state index in [9.17, 15) is 0 Å². The minimum Gasteiger partial charge on any atom is -0.295 e. The van der Waals surface area contributed by atoms with Gasteiger partial charge in [-0.05, 0) is 145 Å². The van der Waals surface area contributed by atoms with Crippen LogP contribution in [0.1, 0.15) is 133 Å². The fraction of sp³-hybridized carbons (Fsp3) is 1.00. The fourth-order valence-electron chi connectivity index (χ4n) is 7.11. The Kier molecular flexibility index (Phi) is 7.83. The summed E-state index contributed by atoms with van der Waals surface area (Å²) in [6.07, 6.45) is 13.0. The van der Waals surface area contributed by atoms with Crippen LogP contribution < -0.4 is 0 Å². The van der Waals surface area contributed by atoms with Gasteiger partial charge >= 0.3 is 0 Å². The van der Waals surface area contributed by atoms with Crippen LogP contribution in [0.25, 0.3) is 0 Å². The third kappa shape index (κ3) is 5.73. The summed E-state index contributed by atoms with van der Waals surface area (Å²) in [6, 6.07) is 0. The molecule has 3 aliphatic rings. The summed E-state index contributed by atoms with van der Waals surface area (Å²) in [6.45, 7) is 23.4. The second kappa shape index (κ2) is 9.47. The van der Waals surface area contributed by atoms with Crippen molar-refractivity contribution in [2.45, 2.75) is 168 Å². The van der Waals surface area contributed by atoms with Crippen molar-refractivity contribution in [3.63, 3.8) is 0 Å². The average Bonchev–Trinajstić information content (AvgIpc) is 2.67. The minimum atomic E-state index is 0.115. The topological polar surface area (TPSA) is 24.9 Å². The summed E-state index contributed by atoms with van der Waals surface area (Å²) in [5.74, 6) is 1.30. The van der Waals surface area contributed by atoms with Crippen LogP contribution in [0, 0.1) is 11.8 Å². The van der Waals surface area contributed by atoms with E-state index in [-0.39, 0.29) is 34.4 Å². The van der Waals surface area contributed by atoms with E-state index in [1.165, 1.54) is 64.2 Å². The molecular weight excluding hydrogens is 396 g/mol. The molecule has 2 unspecified atom stereocenters. The molecule has 4 nitrogen and oxygen atoms in total. The number of hydrogen-bond donors (Lipinski definition) is 0. The van der Waals surface area contributed by atoms with Crippen LogP contribution in [-0.4, -0.2) is 44.5 Å². The molecule has 2 atom stereocenters. The molecule has 3 rings (SSSR count). The van der Waals surface area contributed by atoms with Gasteiger partial charge in [-0.3, -0.25) is 9.68 Å². The quantitative estimate of drug-likeness (QED) is 0.418. The number of hydrogen-bond acceptors (Lipinski definition) is 4. The molecule has 2 heterocycles. The number of hydroxylamine groups is 4. The van der Waals surface area contributed by atoms with Crippen LogP contribution in [0.4, 0.5) is 0 Å². The van der Waals surface area contributed by atoms with Gasteiger partial charge in [0.15, 0.2) is 0 Å². The first-order valence-corrected chi connectivity index (χ1v) is 13.6. The van der Waals surface area contributed by atoms with Gasteiger partial charge in [0.1, 0.15) is 0 Å².